The number of carbonyl (C=O) groups excluding carboxylic acids is 1. The van der Waals surface area contributed by atoms with Gasteiger partial charge in [-0.05, 0) is 43.5 Å². The van der Waals surface area contributed by atoms with Gasteiger partial charge >= 0.3 is 5.97 Å². The first-order chi connectivity index (χ1) is 16.0. The molecule has 2 N–H and O–H groups in total. The Morgan fingerprint density at radius 1 is 1.24 bits per heavy atom. The number of imidazole rings is 1. The molecule has 0 radical (unpaired) electrons. The maximum absolute atomic E-state index is 12.5. The number of fused-ring (bicyclic) bond motifs is 1. The van der Waals surface area contributed by atoms with Crippen LogP contribution in [0.1, 0.15) is 35.4 Å². The normalized spacial score (nSPS) is 14.5. The fourth-order valence-electron chi connectivity index (χ4n) is 3.81. The maximum Gasteiger partial charge on any atom is 0.338 e. The summed E-state index contributed by atoms with van der Waals surface area (Å²) in [5, 5.41) is 31.4. The minimum atomic E-state index is -0.850. The van der Waals surface area contributed by atoms with E-state index in [-0.39, 0.29) is 22.6 Å². The molecule has 0 saturated carbocycles. The molecule has 33 heavy (non-hydrogen) atoms. The van der Waals surface area contributed by atoms with Crippen LogP contribution < -0.4 is 4.90 Å². The smallest absolute Gasteiger partial charge is 0.338 e. The van der Waals surface area contributed by atoms with E-state index in [1.165, 1.54) is 12.1 Å². The molecule has 168 valence electrons. The lowest BCUT2D eigenvalue weighted by Crippen LogP contribution is -2.30. The predicted octanol–water partition coefficient (Wildman–Crippen LogP) is 4.11. The van der Waals surface area contributed by atoms with E-state index in [0.29, 0.717) is 16.7 Å². The summed E-state index contributed by atoms with van der Waals surface area (Å²) in [6.07, 6.45) is 3.00. The highest BCUT2D eigenvalue weighted by molar-refractivity contribution is 5.92. The molecule has 0 spiro atoms. The van der Waals surface area contributed by atoms with Crippen molar-refractivity contribution in [1.29, 1.82) is 5.26 Å². The third-order valence-corrected chi connectivity index (χ3v) is 5.47. The number of ether oxygens (including phenoxy) is 1. The SMILES string of the molecule is N#C/C(=C(/O)COC(=O)c1ccc(N2CCCCC2)c([N+](=O)[O-])c1)c1nc2ccccc2[nH]1. The number of hydrogen-bond acceptors (Lipinski definition) is 8. The number of hydrogen-bond donors (Lipinski definition) is 2. The number of H-pyrrole nitrogens is 1. The number of nitrogens with one attached hydrogen (secondary N) is 1. The molecule has 1 saturated heterocycles. The van der Waals surface area contributed by atoms with Crippen LogP contribution in [0.15, 0.2) is 48.2 Å². The second-order valence-corrected chi connectivity index (χ2v) is 7.62. The van der Waals surface area contributed by atoms with Crippen LogP contribution in [-0.2, 0) is 4.74 Å². The number of benzene rings is 2. The summed E-state index contributed by atoms with van der Waals surface area (Å²) in [7, 11) is 0. The molecule has 1 aliphatic rings. The van der Waals surface area contributed by atoms with Crippen LogP contribution in [0.2, 0.25) is 0 Å². The van der Waals surface area contributed by atoms with E-state index in [2.05, 4.69) is 9.97 Å². The standard InChI is InChI=1S/C23H21N5O5/c24-13-16(22-25-17-6-2-3-7-18(17)26-22)21(29)14-33-23(30)15-8-9-19(20(12-15)28(31)32)27-10-4-1-5-11-27/h2-3,6-9,12,29H,1,4-5,10-11,14H2,(H,25,26)/b21-16-. The Balaban J connectivity index is 1.52. The van der Waals surface area contributed by atoms with Gasteiger partial charge in [0.25, 0.3) is 5.69 Å². The quantitative estimate of drug-likeness (QED) is 0.189. The van der Waals surface area contributed by atoms with E-state index in [4.69, 9.17) is 4.74 Å². The minimum Gasteiger partial charge on any atom is -0.507 e. The fraction of sp³-hybridized carbons (Fsp3) is 0.261. The molecule has 10 nitrogen and oxygen atoms in total. The summed E-state index contributed by atoms with van der Waals surface area (Å²) in [4.78, 5) is 32.7. The van der Waals surface area contributed by atoms with E-state index in [9.17, 15) is 25.3 Å². The molecule has 1 aliphatic heterocycles. The number of esters is 1. The van der Waals surface area contributed by atoms with Crippen molar-refractivity contribution in [3.05, 3.63) is 69.7 Å². The molecule has 3 aromatic rings. The summed E-state index contributed by atoms with van der Waals surface area (Å²) in [6, 6.07) is 13.2. The number of allylic oxidation sites excluding steroid dienone is 1. The highest BCUT2D eigenvalue weighted by atomic mass is 16.6. The topological polar surface area (TPSA) is 145 Å². The largest absolute Gasteiger partial charge is 0.507 e. The van der Waals surface area contributed by atoms with E-state index >= 15 is 0 Å². The second kappa shape index (κ2) is 9.40. The first kappa shape index (κ1) is 21.8. The number of nitro benzene ring substituents is 1. The number of nitriles is 1. The molecular formula is C23H21N5O5. The summed E-state index contributed by atoms with van der Waals surface area (Å²) >= 11 is 0. The van der Waals surface area contributed by atoms with Gasteiger partial charge in [0.1, 0.15) is 23.9 Å². The Morgan fingerprint density at radius 3 is 2.70 bits per heavy atom. The van der Waals surface area contributed by atoms with Gasteiger partial charge in [0.2, 0.25) is 0 Å². The van der Waals surface area contributed by atoms with Gasteiger partial charge in [0.15, 0.2) is 11.6 Å². The molecule has 0 unspecified atom stereocenters. The van der Waals surface area contributed by atoms with Crippen molar-refractivity contribution >= 4 is 34.0 Å². The molecule has 4 rings (SSSR count). The number of aromatic amines is 1. The van der Waals surface area contributed by atoms with Crippen molar-refractivity contribution in [3.8, 4) is 6.07 Å². The van der Waals surface area contributed by atoms with Crippen LogP contribution in [0.3, 0.4) is 0 Å². The molecule has 10 heteroatoms. The minimum absolute atomic E-state index is 0.0162. The Labute approximate surface area is 188 Å². The van der Waals surface area contributed by atoms with Gasteiger partial charge in [0, 0.05) is 19.2 Å². The summed E-state index contributed by atoms with van der Waals surface area (Å²) in [5.41, 5.74) is 1.42. The van der Waals surface area contributed by atoms with Crippen LogP contribution >= 0.6 is 0 Å². The van der Waals surface area contributed by atoms with Crippen LogP contribution in [0, 0.1) is 21.4 Å². The molecule has 0 bridgehead atoms. The lowest BCUT2D eigenvalue weighted by Gasteiger charge is -2.28. The van der Waals surface area contributed by atoms with Gasteiger partial charge in [-0.3, -0.25) is 10.1 Å². The van der Waals surface area contributed by atoms with Crippen molar-refractivity contribution in [1.82, 2.24) is 9.97 Å². The molecule has 0 atom stereocenters. The van der Waals surface area contributed by atoms with E-state index in [1.807, 2.05) is 11.0 Å². The Bertz CT molecular complexity index is 1250. The van der Waals surface area contributed by atoms with Crippen LogP contribution in [-0.4, -0.2) is 45.7 Å². The summed E-state index contributed by atoms with van der Waals surface area (Å²) < 4.78 is 5.11. The van der Waals surface area contributed by atoms with Gasteiger partial charge in [-0.25, -0.2) is 9.78 Å². The average molecular weight is 447 g/mol. The van der Waals surface area contributed by atoms with Gasteiger partial charge < -0.3 is 19.7 Å². The van der Waals surface area contributed by atoms with Crippen LogP contribution in [0.25, 0.3) is 16.6 Å². The Kier molecular flexibility index (Phi) is 6.22. The number of para-hydroxylation sites is 2. The van der Waals surface area contributed by atoms with E-state index in [1.54, 1.807) is 30.3 Å². The number of piperidine rings is 1. The van der Waals surface area contributed by atoms with Gasteiger partial charge in [-0.15, -0.1) is 0 Å². The number of nitro groups is 1. The monoisotopic (exact) mass is 447 g/mol. The van der Waals surface area contributed by atoms with Crippen molar-refractivity contribution < 1.29 is 19.6 Å². The Morgan fingerprint density at radius 2 is 2.00 bits per heavy atom. The zero-order chi connectivity index (χ0) is 23.4. The third-order valence-electron chi connectivity index (χ3n) is 5.47. The van der Waals surface area contributed by atoms with Crippen molar-refractivity contribution in [3.63, 3.8) is 0 Å². The first-order valence-electron chi connectivity index (χ1n) is 10.5. The molecule has 2 heterocycles. The number of carbonyl (C=O) groups is 1. The number of aliphatic hydroxyl groups is 1. The molecular weight excluding hydrogens is 426 g/mol. The van der Waals surface area contributed by atoms with E-state index in [0.717, 1.165) is 32.4 Å². The summed E-state index contributed by atoms with van der Waals surface area (Å²) in [5.74, 6) is -1.19. The van der Waals surface area contributed by atoms with Crippen molar-refractivity contribution in [2.24, 2.45) is 0 Å². The maximum atomic E-state index is 12.5. The number of anilines is 1. The van der Waals surface area contributed by atoms with Crippen LogP contribution in [0.5, 0.6) is 0 Å². The molecule has 0 aliphatic carbocycles. The number of rotatable bonds is 6. The van der Waals surface area contributed by atoms with Crippen LogP contribution in [0.4, 0.5) is 11.4 Å². The predicted molar refractivity (Wildman–Crippen MR) is 121 cm³/mol. The molecule has 2 aromatic carbocycles. The third kappa shape index (κ3) is 4.62. The lowest BCUT2D eigenvalue weighted by atomic mass is 10.1. The first-order valence-corrected chi connectivity index (χ1v) is 10.5. The highest BCUT2D eigenvalue weighted by Gasteiger charge is 2.24. The number of aliphatic hydroxyl groups excluding tert-OH is 1. The van der Waals surface area contributed by atoms with E-state index < -0.39 is 23.3 Å². The molecule has 1 aromatic heterocycles. The molecule has 1 fully saturated rings. The Hall–Kier alpha value is -4.39. The van der Waals surface area contributed by atoms with Crippen molar-refractivity contribution in [2.75, 3.05) is 24.6 Å². The number of nitrogens with zero attached hydrogens (tertiary/aromatic N) is 4. The van der Waals surface area contributed by atoms with Crippen molar-refractivity contribution in [2.45, 2.75) is 19.3 Å². The lowest BCUT2D eigenvalue weighted by molar-refractivity contribution is -0.384. The molecule has 0 amide bonds. The van der Waals surface area contributed by atoms with Gasteiger partial charge in [-0.1, -0.05) is 12.1 Å². The van der Waals surface area contributed by atoms with Gasteiger partial charge in [0.05, 0.1) is 21.5 Å². The highest BCUT2D eigenvalue weighted by Crippen LogP contribution is 2.31. The van der Waals surface area contributed by atoms with Gasteiger partial charge in [-0.2, -0.15) is 5.26 Å². The fourth-order valence-corrected chi connectivity index (χ4v) is 3.81. The average Bonchev–Trinajstić information content (AvgIpc) is 3.26. The second-order valence-electron chi connectivity index (χ2n) is 7.62. The zero-order valence-electron chi connectivity index (χ0n) is 17.7. The number of aromatic nitrogens is 2. The zero-order valence-corrected chi connectivity index (χ0v) is 17.7. The summed E-state index contributed by atoms with van der Waals surface area (Å²) in [6.45, 7) is 0.866.